The molecule has 2 aromatic rings. The van der Waals surface area contributed by atoms with E-state index in [2.05, 4.69) is 42.3 Å². The van der Waals surface area contributed by atoms with Gasteiger partial charge in [-0.1, -0.05) is 0 Å². The maximum Gasteiger partial charge on any atom is 0.132 e. The second-order valence-corrected chi connectivity index (χ2v) is 4.24. The maximum absolute atomic E-state index is 4.35. The van der Waals surface area contributed by atoms with Crippen molar-refractivity contribution in [2.75, 3.05) is 19.0 Å². The van der Waals surface area contributed by atoms with Crippen molar-refractivity contribution >= 4 is 27.1 Å². The molecule has 0 amide bonds. The number of halogens is 1. The summed E-state index contributed by atoms with van der Waals surface area (Å²) in [5.74, 6) is 0.997. The molecule has 0 unspecified atom stereocenters. The minimum Gasteiger partial charge on any atom is -0.378 e. The molecule has 0 aliphatic carbocycles. The van der Waals surface area contributed by atoms with E-state index in [1.54, 1.807) is 0 Å². The number of hydrogen-bond donors (Lipinski definition) is 0. The fraction of sp³-hybridized carbons (Fsp3) is 0.300. The van der Waals surface area contributed by atoms with Crippen LogP contribution in [0.25, 0.3) is 5.52 Å². The highest BCUT2D eigenvalue weighted by Crippen LogP contribution is 2.22. The van der Waals surface area contributed by atoms with Gasteiger partial charge in [-0.2, -0.15) is 0 Å². The molecule has 4 heteroatoms. The van der Waals surface area contributed by atoms with Crippen molar-refractivity contribution in [1.82, 2.24) is 9.38 Å². The first-order valence-corrected chi connectivity index (χ1v) is 5.20. The molecule has 14 heavy (non-hydrogen) atoms. The third-order valence-corrected chi connectivity index (χ3v) is 2.86. The Bertz CT molecular complexity index is 473. The van der Waals surface area contributed by atoms with Crippen LogP contribution in [0.3, 0.4) is 0 Å². The van der Waals surface area contributed by atoms with Gasteiger partial charge in [0.25, 0.3) is 0 Å². The fourth-order valence-electron chi connectivity index (χ4n) is 1.46. The van der Waals surface area contributed by atoms with E-state index in [-0.39, 0.29) is 0 Å². The molecule has 2 aromatic heterocycles. The summed E-state index contributed by atoms with van der Waals surface area (Å²) in [5, 5.41) is 0. The minimum atomic E-state index is 0.902. The number of nitrogens with zero attached hydrogens (tertiary/aromatic N) is 3. The lowest BCUT2D eigenvalue weighted by molar-refractivity contribution is 1.03. The van der Waals surface area contributed by atoms with Crippen LogP contribution in [0, 0.1) is 6.92 Å². The molecule has 74 valence electrons. The molecule has 2 heterocycles. The Labute approximate surface area is 91.5 Å². The van der Waals surface area contributed by atoms with E-state index in [4.69, 9.17) is 0 Å². The number of aryl methyl sites for hydroxylation is 1. The molecule has 0 saturated heterocycles. The van der Waals surface area contributed by atoms with Crippen LogP contribution in [-0.4, -0.2) is 23.5 Å². The van der Waals surface area contributed by atoms with Gasteiger partial charge in [-0.3, -0.25) is 0 Å². The normalized spacial score (nSPS) is 10.9. The van der Waals surface area contributed by atoms with Crippen LogP contribution in [-0.2, 0) is 0 Å². The van der Waals surface area contributed by atoms with Crippen molar-refractivity contribution in [3.05, 3.63) is 28.8 Å². The fourth-order valence-corrected chi connectivity index (χ4v) is 2.02. The summed E-state index contributed by atoms with van der Waals surface area (Å²) in [6.07, 6.45) is 2.04. The lowest BCUT2D eigenvalue weighted by Gasteiger charge is -2.12. The van der Waals surface area contributed by atoms with Crippen LogP contribution in [0.2, 0.25) is 0 Å². The second-order valence-electron chi connectivity index (χ2n) is 3.48. The number of imidazole rings is 1. The Morgan fingerprint density at radius 3 is 2.79 bits per heavy atom. The third-order valence-electron chi connectivity index (χ3n) is 2.27. The molecule has 0 saturated carbocycles. The average molecular weight is 254 g/mol. The summed E-state index contributed by atoms with van der Waals surface area (Å²) in [5.41, 5.74) is 2.28. The van der Waals surface area contributed by atoms with Crippen LogP contribution >= 0.6 is 15.9 Å². The number of fused-ring (bicyclic) bond motifs is 1. The molecule has 0 aliphatic rings. The number of pyridine rings is 1. The number of anilines is 1. The molecule has 2 rings (SSSR count). The number of aromatic nitrogens is 2. The lowest BCUT2D eigenvalue weighted by Crippen LogP contribution is -2.08. The minimum absolute atomic E-state index is 0.902. The predicted octanol–water partition coefficient (Wildman–Crippen LogP) is 2.47. The van der Waals surface area contributed by atoms with Crippen LogP contribution in [0.4, 0.5) is 5.69 Å². The van der Waals surface area contributed by atoms with E-state index in [0.29, 0.717) is 0 Å². The van der Waals surface area contributed by atoms with Gasteiger partial charge in [0.2, 0.25) is 0 Å². The Hall–Kier alpha value is -1.03. The molecule has 0 aliphatic heterocycles. The smallest absolute Gasteiger partial charge is 0.132 e. The Balaban J connectivity index is 2.71. The average Bonchev–Trinajstić information content (AvgIpc) is 2.42. The Kier molecular flexibility index (Phi) is 2.23. The van der Waals surface area contributed by atoms with Crippen molar-refractivity contribution < 1.29 is 0 Å². The van der Waals surface area contributed by atoms with Gasteiger partial charge in [-0.05, 0) is 35.0 Å². The largest absolute Gasteiger partial charge is 0.378 e. The van der Waals surface area contributed by atoms with E-state index in [9.17, 15) is 0 Å². The molecule has 0 fully saturated rings. The summed E-state index contributed by atoms with van der Waals surface area (Å²) in [6, 6.07) is 4.19. The van der Waals surface area contributed by atoms with E-state index in [0.717, 1.165) is 15.9 Å². The predicted molar refractivity (Wildman–Crippen MR) is 62.0 cm³/mol. The molecular weight excluding hydrogens is 242 g/mol. The number of rotatable bonds is 1. The van der Waals surface area contributed by atoms with Crippen LogP contribution in [0.1, 0.15) is 5.82 Å². The summed E-state index contributed by atoms with van der Waals surface area (Å²) < 4.78 is 2.97. The first kappa shape index (κ1) is 9.52. The molecule has 0 N–H and O–H groups in total. The van der Waals surface area contributed by atoms with Crippen molar-refractivity contribution in [3.63, 3.8) is 0 Å². The van der Waals surface area contributed by atoms with Crippen LogP contribution in [0.15, 0.2) is 22.9 Å². The standard InChI is InChI=1S/C10H12BrN3/c1-7-12-10(11)9-6-8(13(2)3)4-5-14(7)9/h4-6H,1-3H3. The van der Waals surface area contributed by atoms with Gasteiger partial charge in [0.05, 0.1) is 5.52 Å². The van der Waals surface area contributed by atoms with Crippen LogP contribution < -0.4 is 4.90 Å². The van der Waals surface area contributed by atoms with Crippen molar-refractivity contribution in [2.45, 2.75) is 6.92 Å². The van der Waals surface area contributed by atoms with E-state index in [1.807, 2.05) is 27.2 Å². The SMILES string of the molecule is Cc1nc(Br)c2cc(N(C)C)ccn12. The molecule has 0 bridgehead atoms. The van der Waals surface area contributed by atoms with Gasteiger partial charge in [-0.25, -0.2) is 4.98 Å². The topological polar surface area (TPSA) is 20.5 Å². The summed E-state index contributed by atoms with van der Waals surface area (Å²) in [7, 11) is 4.06. The Morgan fingerprint density at radius 2 is 2.14 bits per heavy atom. The van der Waals surface area contributed by atoms with Gasteiger partial charge < -0.3 is 9.30 Å². The molecule has 0 aromatic carbocycles. The van der Waals surface area contributed by atoms with Crippen molar-refractivity contribution in [3.8, 4) is 0 Å². The van der Waals surface area contributed by atoms with Gasteiger partial charge >= 0.3 is 0 Å². The van der Waals surface area contributed by atoms with Crippen LogP contribution in [0.5, 0.6) is 0 Å². The first-order chi connectivity index (χ1) is 6.59. The lowest BCUT2D eigenvalue weighted by atomic mass is 10.3. The highest BCUT2D eigenvalue weighted by atomic mass is 79.9. The maximum atomic E-state index is 4.35. The van der Waals surface area contributed by atoms with Crippen molar-refractivity contribution in [1.29, 1.82) is 0 Å². The van der Waals surface area contributed by atoms with Gasteiger partial charge in [0.15, 0.2) is 0 Å². The number of hydrogen-bond acceptors (Lipinski definition) is 2. The van der Waals surface area contributed by atoms with Gasteiger partial charge in [0.1, 0.15) is 10.4 Å². The van der Waals surface area contributed by atoms with E-state index in [1.165, 1.54) is 5.69 Å². The van der Waals surface area contributed by atoms with E-state index >= 15 is 0 Å². The monoisotopic (exact) mass is 253 g/mol. The quantitative estimate of drug-likeness (QED) is 0.779. The molecule has 0 spiro atoms. The first-order valence-electron chi connectivity index (χ1n) is 4.41. The second kappa shape index (κ2) is 3.28. The summed E-state index contributed by atoms with van der Waals surface area (Å²) in [6.45, 7) is 1.99. The summed E-state index contributed by atoms with van der Waals surface area (Å²) in [4.78, 5) is 6.43. The molecule has 0 atom stereocenters. The summed E-state index contributed by atoms with van der Waals surface area (Å²) >= 11 is 3.45. The third kappa shape index (κ3) is 1.39. The zero-order chi connectivity index (χ0) is 10.3. The molecule has 0 radical (unpaired) electrons. The van der Waals surface area contributed by atoms with Crippen molar-refractivity contribution in [2.24, 2.45) is 0 Å². The zero-order valence-corrected chi connectivity index (χ0v) is 10.0. The Morgan fingerprint density at radius 1 is 1.43 bits per heavy atom. The molecular formula is C10H12BrN3. The highest BCUT2D eigenvalue weighted by Gasteiger charge is 2.06. The molecule has 3 nitrogen and oxygen atoms in total. The van der Waals surface area contributed by atoms with Gasteiger partial charge in [0, 0.05) is 26.0 Å². The van der Waals surface area contributed by atoms with Gasteiger partial charge in [-0.15, -0.1) is 0 Å². The van der Waals surface area contributed by atoms with E-state index < -0.39 is 0 Å². The highest BCUT2D eigenvalue weighted by molar-refractivity contribution is 9.10. The zero-order valence-electron chi connectivity index (χ0n) is 8.45.